The molecule has 17 heavy (non-hydrogen) atoms. The van der Waals surface area contributed by atoms with E-state index in [0.717, 1.165) is 5.01 Å². The molecule has 0 radical (unpaired) electrons. The number of hydrogen-bond donors (Lipinski definition) is 1. The number of rotatable bonds is 1. The van der Waals surface area contributed by atoms with Crippen LogP contribution in [0.15, 0.2) is 5.38 Å². The summed E-state index contributed by atoms with van der Waals surface area (Å²) in [6, 6.07) is 0. The van der Waals surface area contributed by atoms with Crippen molar-refractivity contribution < 1.29 is 9.59 Å². The molecule has 0 saturated carbocycles. The Bertz CT molecular complexity index is 467. The Hall–Kier alpha value is -1.43. The summed E-state index contributed by atoms with van der Waals surface area (Å²) in [5.41, 5.74) is -0.386. The van der Waals surface area contributed by atoms with Gasteiger partial charge in [0.1, 0.15) is 11.2 Å². The first-order valence-corrected chi connectivity index (χ1v) is 6.33. The highest BCUT2D eigenvalue weighted by Gasteiger charge is 2.41. The van der Waals surface area contributed by atoms with Crippen molar-refractivity contribution in [1.29, 1.82) is 0 Å². The van der Waals surface area contributed by atoms with E-state index in [1.165, 1.54) is 11.3 Å². The van der Waals surface area contributed by atoms with Gasteiger partial charge in [-0.15, -0.1) is 11.3 Å². The van der Waals surface area contributed by atoms with Crippen molar-refractivity contribution in [2.75, 3.05) is 13.1 Å². The van der Waals surface area contributed by atoms with E-state index in [1.54, 1.807) is 24.1 Å². The number of carbonyl (C=O) groups excluding carboxylic acids is 2. The van der Waals surface area contributed by atoms with Crippen LogP contribution in [0.3, 0.4) is 0 Å². The average Bonchev–Trinajstić information content (AvgIpc) is 2.68. The molecule has 92 valence electrons. The molecule has 0 aromatic carbocycles. The van der Waals surface area contributed by atoms with Crippen LogP contribution in [0.2, 0.25) is 0 Å². The van der Waals surface area contributed by atoms with E-state index in [-0.39, 0.29) is 11.8 Å². The molecule has 0 spiro atoms. The summed E-state index contributed by atoms with van der Waals surface area (Å²) in [6.07, 6.45) is 0. The molecular weight excluding hydrogens is 238 g/mol. The topological polar surface area (TPSA) is 62.3 Å². The van der Waals surface area contributed by atoms with Gasteiger partial charge in [0, 0.05) is 18.5 Å². The summed E-state index contributed by atoms with van der Waals surface area (Å²) >= 11 is 1.44. The molecule has 1 saturated heterocycles. The summed E-state index contributed by atoms with van der Waals surface area (Å²) in [7, 11) is 0. The van der Waals surface area contributed by atoms with E-state index in [0.29, 0.717) is 18.8 Å². The molecule has 1 aromatic heterocycles. The Morgan fingerprint density at radius 3 is 2.88 bits per heavy atom. The van der Waals surface area contributed by atoms with Crippen LogP contribution in [-0.2, 0) is 4.79 Å². The minimum Gasteiger partial charge on any atom is -0.352 e. The third-order valence-corrected chi connectivity index (χ3v) is 3.71. The van der Waals surface area contributed by atoms with Crippen molar-refractivity contribution in [2.45, 2.75) is 26.3 Å². The van der Waals surface area contributed by atoms with E-state index >= 15 is 0 Å². The van der Waals surface area contributed by atoms with E-state index in [9.17, 15) is 9.59 Å². The zero-order valence-electron chi connectivity index (χ0n) is 10.1. The average molecular weight is 253 g/mol. The van der Waals surface area contributed by atoms with Crippen LogP contribution in [0.25, 0.3) is 0 Å². The highest BCUT2D eigenvalue weighted by atomic mass is 32.1. The number of nitrogens with one attached hydrogen (secondary N) is 1. The monoisotopic (exact) mass is 253 g/mol. The van der Waals surface area contributed by atoms with Crippen LogP contribution >= 0.6 is 11.3 Å². The van der Waals surface area contributed by atoms with Crippen LogP contribution in [0.1, 0.15) is 29.3 Å². The molecular formula is C11H15N3O2S. The van der Waals surface area contributed by atoms with Gasteiger partial charge in [-0.05, 0) is 20.8 Å². The van der Waals surface area contributed by atoms with E-state index in [2.05, 4.69) is 10.3 Å². The van der Waals surface area contributed by atoms with Gasteiger partial charge in [-0.25, -0.2) is 4.98 Å². The zero-order chi connectivity index (χ0) is 12.6. The van der Waals surface area contributed by atoms with Gasteiger partial charge in [0.2, 0.25) is 5.91 Å². The fourth-order valence-electron chi connectivity index (χ4n) is 1.85. The van der Waals surface area contributed by atoms with Crippen LogP contribution in [0.4, 0.5) is 0 Å². The lowest BCUT2D eigenvalue weighted by atomic mass is 9.98. The first kappa shape index (κ1) is 12.0. The zero-order valence-corrected chi connectivity index (χ0v) is 10.9. The van der Waals surface area contributed by atoms with Gasteiger partial charge in [-0.2, -0.15) is 0 Å². The van der Waals surface area contributed by atoms with Crippen LogP contribution in [-0.4, -0.2) is 40.3 Å². The van der Waals surface area contributed by atoms with Crippen molar-refractivity contribution >= 4 is 23.2 Å². The van der Waals surface area contributed by atoms with Crippen LogP contribution in [0.5, 0.6) is 0 Å². The van der Waals surface area contributed by atoms with E-state index in [4.69, 9.17) is 0 Å². The molecule has 1 aromatic rings. The lowest BCUT2D eigenvalue weighted by molar-refractivity contribution is -0.133. The Labute approximate surface area is 104 Å². The minimum absolute atomic E-state index is 0.121. The molecule has 1 aliphatic rings. The lowest BCUT2D eigenvalue weighted by Gasteiger charge is -2.40. The molecule has 2 heterocycles. The molecule has 6 heteroatoms. The van der Waals surface area contributed by atoms with Gasteiger partial charge in [0.05, 0.1) is 5.01 Å². The van der Waals surface area contributed by atoms with Gasteiger partial charge in [0.15, 0.2) is 0 Å². The predicted molar refractivity (Wildman–Crippen MR) is 65.0 cm³/mol. The van der Waals surface area contributed by atoms with Gasteiger partial charge >= 0.3 is 0 Å². The molecule has 5 nitrogen and oxygen atoms in total. The fourth-order valence-corrected chi connectivity index (χ4v) is 2.44. The quantitative estimate of drug-likeness (QED) is 0.805. The Balaban J connectivity index is 2.27. The summed E-state index contributed by atoms with van der Waals surface area (Å²) in [6.45, 7) is 6.37. The molecule has 2 rings (SSSR count). The largest absolute Gasteiger partial charge is 0.352 e. The normalized spacial score (nSPS) is 19.0. The van der Waals surface area contributed by atoms with Gasteiger partial charge in [-0.1, -0.05) is 0 Å². The van der Waals surface area contributed by atoms with Crippen molar-refractivity contribution in [3.63, 3.8) is 0 Å². The van der Waals surface area contributed by atoms with E-state index in [1.807, 2.05) is 6.92 Å². The predicted octanol–water partition coefficient (Wildman–Crippen LogP) is 0.802. The summed E-state index contributed by atoms with van der Waals surface area (Å²) in [5, 5.41) is 5.35. The SMILES string of the molecule is Cc1nc(C(=O)N2CCNC(=O)C2(C)C)cs1. The molecule has 1 N–H and O–H groups in total. The van der Waals surface area contributed by atoms with Crippen LogP contribution in [0, 0.1) is 6.92 Å². The number of thiazole rings is 1. The van der Waals surface area contributed by atoms with Crippen LogP contribution < -0.4 is 5.32 Å². The van der Waals surface area contributed by atoms with E-state index < -0.39 is 5.54 Å². The highest BCUT2D eigenvalue weighted by Crippen LogP contribution is 2.21. The lowest BCUT2D eigenvalue weighted by Crippen LogP contribution is -2.63. The molecule has 0 atom stereocenters. The molecule has 1 fully saturated rings. The molecule has 0 unspecified atom stereocenters. The number of nitrogens with zero attached hydrogens (tertiary/aromatic N) is 2. The van der Waals surface area contributed by atoms with Crippen molar-refractivity contribution in [3.05, 3.63) is 16.1 Å². The number of amides is 2. The van der Waals surface area contributed by atoms with Crippen molar-refractivity contribution in [1.82, 2.24) is 15.2 Å². The molecule has 0 aliphatic carbocycles. The summed E-state index contributed by atoms with van der Waals surface area (Å²) < 4.78 is 0. The standard InChI is InChI=1S/C11H15N3O2S/c1-7-13-8(6-17-7)9(15)14-5-4-12-10(16)11(14,2)3/h6H,4-5H2,1-3H3,(H,12,16). The van der Waals surface area contributed by atoms with Crippen molar-refractivity contribution in [3.8, 4) is 0 Å². The molecule has 2 amide bonds. The first-order chi connectivity index (χ1) is 7.93. The Kier molecular flexibility index (Phi) is 2.91. The summed E-state index contributed by atoms with van der Waals surface area (Å²) in [5.74, 6) is -0.293. The number of aromatic nitrogens is 1. The first-order valence-electron chi connectivity index (χ1n) is 5.45. The third-order valence-electron chi connectivity index (χ3n) is 2.93. The van der Waals surface area contributed by atoms with Gasteiger partial charge < -0.3 is 10.2 Å². The second kappa shape index (κ2) is 4.10. The molecule has 0 bridgehead atoms. The highest BCUT2D eigenvalue weighted by molar-refractivity contribution is 7.09. The maximum Gasteiger partial charge on any atom is 0.274 e. The maximum atomic E-state index is 12.3. The molecule has 1 aliphatic heterocycles. The second-order valence-corrected chi connectivity index (χ2v) is 5.59. The van der Waals surface area contributed by atoms with Gasteiger partial charge in [-0.3, -0.25) is 9.59 Å². The number of carbonyl (C=O) groups is 2. The minimum atomic E-state index is -0.813. The fraction of sp³-hybridized carbons (Fsp3) is 0.545. The number of hydrogen-bond acceptors (Lipinski definition) is 4. The smallest absolute Gasteiger partial charge is 0.274 e. The Morgan fingerprint density at radius 1 is 1.59 bits per heavy atom. The number of piperazine rings is 1. The maximum absolute atomic E-state index is 12.3. The number of aryl methyl sites for hydroxylation is 1. The second-order valence-electron chi connectivity index (χ2n) is 4.52. The third kappa shape index (κ3) is 2.04. The van der Waals surface area contributed by atoms with Gasteiger partial charge in [0.25, 0.3) is 5.91 Å². The summed E-state index contributed by atoms with van der Waals surface area (Å²) in [4.78, 5) is 29.8. The van der Waals surface area contributed by atoms with Crippen molar-refractivity contribution in [2.24, 2.45) is 0 Å². The Morgan fingerprint density at radius 2 is 2.29 bits per heavy atom.